The highest BCUT2D eigenvalue weighted by atomic mass is 19.4. The summed E-state index contributed by atoms with van der Waals surface area (Å²) in [6.07, 6.45) is -2.78. The summed E-state index contributed by atoms with van der Waals surface area (Å²) in [5, 5.41) is 11.9. The Kier molecular flexibility index (Phi) is 5.36. The van der Waals surface area contributed by atoms with Crippen LogP contribution in [0.1, 0.15) is 47.5 Å². The van der Waals surface area contributed by atoms with Crippen molar-refractivity contribution in [2.75, 3.05) is 0 Å². The van der Waals surface area contributed by atoms with Crippen molar-refractivity contribution in [1.29, 1.82) is 5.26 Å². The molecule has 8 heteroatoms. The van der Waals surface area contributed by atoms with Crippen molar-refractivity contribution in [2.45, 2.75) is 31.2 Å². The smallest absolute Gasteiger partial charge is 0.416 e. The van der Waals surface area contributed by atoms with Crippen molar-refractivity contribution in [2.24, 2.45) is 0 Å². The van der Waals surface area contributed by atoms with Crippen LogP contribution in [0.4, 0.5) is 13.2 Å². The Bertz CT molecular complexity index is 933. The van der Waals surface area contributed by atoms with E-state index in [0.29, 0.717) is 24.1 Å². The molecule has 3 rings (SSSR count). The number of aromatic nitrogens is 1. The summed E-state index contributed by atoms with van der Waals surface area (Å²) >= 11 is 0. The number of pyridine rings is 1. The first-order chi connectivity index (χ1) is 13.3. The van der Waals surface area contributed by atoms with Crippen molar-refractivity contribution >= 4 is 5.91 Å². The molecule has 1 aliphatic rings. The molecule has 1 N–H and O–H groups in total. The highest BCUT2D eigenvalue weighted by Gasteiger charge is 2.32. The van der Waals surface area contributed by atoms with Crippen LogP contribution in [0, 0.1) is 11.3 Å². The minimum Gasteiger partial charge on any atom is -0.484 e. The molecule has 2 aromatic rings. The highest BCUT2D eigenvalue weighted by Crippen LogP contribution is 2.38. The number of hydrogen-bond donors (Lipinski definition) is 1. The normalized spacial score (nSPS) is 18.5. The van der Waals surface area contributed by atoms with Gasteiger partial charge < -0.3 is 10.1 Å². The Hall–Kier alpha value is -3.34. The van der Waals surface area contributed by atoms with Crippen LogP contribution in [0.15, 0.2) is 49.1 Å². The molecule has 0 radical (unpaired) electrons. The molecular weight excluding hydrogens is 371 g/mol. The van der Waals surface area contributed by atoms with Crippen molar-refractivity contribution in [3.63, 3.8) is 0 Å². The van der Waals surface area contributed by atoms with Gasteiger partial charge in [0.25, 0.3) is 0 Å². The first-order valence-corrected chi connectivity index (χ1v) is 8.49. The van der Waals surface area contributed by atoms with Gasteiger partial charge in [-0.15, -0.1) is 0 Å². The SMILES string of the molecule is C=CC(=O)N[C@H]1CC[C@@H](Oc2ccc(C(F)(F)F)cc2)c2nc(C#N)ccc21. The Morgan fingerprint density at radius 3 is 2.57 bits per heavy atom. The van der Waals surface area contributed by atoms with Crippen LogP contribution in [0.5, 0.6) is 5.75 Å². The van der Waals surface area contributed by atoms with Crippen LogP contribution in [0.25, 0.3) is 0 Å². The van der Waals surface area contributed by atoms with Gasteiger partial charge in [-0.3, -0.25) is 4.79 Å². The molecule has 0 saturated heterocycles. The maximum Gasteiger partial charge on any atom is 0.416 e. The largest absolute Gasteiger partial charge is 0.484 e. The van der Waals surface area contributed by atoms with Gasteiger partial charge in [0.2, 0.25) is 5.91 Å². The van der Waals surface area contributed by atoms with Crippen LogP contribution in [-0.4, -0.2) is 10.9 Å². The Morgan fingerprint density at radius 1 is 1.25 bits per heavy atom. The molecule has 1 aliphatic carbocycles. The molecule has 0 bridgehead atoms. The van der Waals surface area contributed by atoms with E-state index in [4.69, 9.17) is 10.00 Å². The maximum absolute atomic E-state index is 12.7. The number of rotatable bonds is 4. The number of carbonyl (C=O) groups excluding carboxylic acids is 1. The maximum atomic E-state index is 12.7. The molecule has 0 spiro atoms. The summed E-state index contributed by atoms with van der Waals surface area (Å²) in [6.45, 7) is 3.43. The van der Waals surface area contributed by atoms with Gasteiger partial charge in [-0.05, 0) is 54.8 Å². The van der Waals surface area contributed by atoms with E-state index in [1.54, 1.807) is 12.1 Å². The van der Waals surface area contributed by atoms with E-state index in [1.807, 2.05) is 6.07 Å². The van der Waals surface area contributed by atoms with Crippen LogP contribution in [0.3, 0.4) is 0 Å². The highest BCUT2D eigenvalue weighted by molar-refractivity contribution is 5.87. The van der Waals surface area contributed by atoms with Crippen LogP contribution in [0.2, 0.25) is 0 Å². The average molecular weight is 387 g/mol. The Morgan fingerprint density at radius 2 is 1.96 bits per heavy atom. The van der Waals surface area contributed by atoms with E-state index in [-0.39, 0.29) is 23.4 Å². The lowest BCUT2D eigenvalue weighted by Crippen LogP contribution is -2.32. The van der Waals surface area contributed by atoms with Gasteiger partial charge in [0, 0.05) is 0 Å². The second-order valence-electron chi connectivity index (χ2n) is 6.25. The van der Waals surface area contributed by atoms with E-state index < -0.39 is 17.8 Å². The van der Waals surface area contributed by atoms with Crippen molar-refractivity contribution in [3.05, 3.63) is 71.6 Å². The number of nitrogens with one attached hydrogen (secondary N) is 1. The fourth-order valence-corrected chi connectivity index (χ4v) is 3.09. The van der Waals surface area contributed by atoms with Crippen LogP contribution in [-0.2, 0) is 11.0 Å². The Labute approximate surface area is 159 Å². The number of halogens is 3. The molecule has 0 fully saturated rings. The molecule has 0 saturated carbocycles. The number of alkyl halides is 3. The lowest BCUT2D eigenvalue weighted by atomic mass is 9.88. The standard InChI is InChI=1S/C20H16F3N3O2/c1-2-18(27)26-16-9-10-17(19-15(16)8-5-13(11-24)25-19)28-14-6-3-12(4-7-14)20(21,22)23/h2-8,16-17H,1,9-10H2,(H,26,27)/t16-,17+/m0/s1. The lowest BCUT2D eigenvalue weighted by Gasteiger charge is -2.31. The number of nitrogens with zero attached hydrogens (tertiary/aromatic N) is 2. The van der Waals surface area contributed by atoms with E-state index in [2.05, 4.69) is 16.9 Å². The zero-order valence-corrected chi connectivity index (χ0v) is 14.7. The molecular formula is C20H16F3N3O2. The fourth-order valence-electron chi connectivity index (χ4n) is 3.09. The lowest BCUT2D eigenvalue weighted by molar-refractivity contribution is -0.137. The van der Waals surface area contributed by atoms with Gasteiger partial charge in [-0.25, -0.2) is 4.98 Å². The summed E-state index contributed by atoms with van der Waals surface area (Å²) in [5.74, 6) is -0.0656. The van der Waals surface area contributed by atoms with Gasteiger partial charge in [-0.2, -0.15) is 18.4 Å². The molecule has 0 aliphatic heterocycles. The van der Waals surface area contributed by atoms with Crippen molar-refractivity contribution in [1.82, 2.24) is 10.3 Å². The molecule has 1 heterocycles. The quantitative estimate of drug-likeness (QED) is 0.797. The molecule has 28 heavy (non-hydrogen) atoms. The summed E-state index contributed by atoms with van der Waals surface area (Å²) in [4.78, 5) is 16.0. The molecule has 1 aromatic heterocycles. The van der Waals surface area contributed by atoms with E-state index in [0.717, 1.165) is 12.1 Å². The molecule has 0 unspecified atom stereocenters. The third kappa shape index (κ3) is 4.14. The van der Waals surface area contributed by atoms with E-state index >= 15 is 0 Å². The zero-order chi connectivity index (χ0) is 20.3. The van der Waals surface area contributed by atoms with E-state index in [9.17, 15) is 18.0 Å². The average Bonchev–Trinajstić information content (AvgIpc) is 2.69. The predicted octanol–water partition coefficient (Wildman–Crippen LogP) is 4.23. The fraction of sp³-hybridized carbons (Fsp3) is 0.250. The summed E-state index contributed by atoms with van der Waals surface area (Å²) < 4.78 is 44.0. The minimum absolute atomic E-state index is 0.190. The number of carbonyl (C=O) groups is 1. The van der Waals surface area contributed by atoms with Crippen LogP contribution < -0.4 is 10.1 Å². The first kappa shape index (κ1) is 19.4. The predicted molar refractivity (Wildman–Crippen MR) is 94.1 cm³/mol. The van der Waals surface area contributed by atoms with Gasteiger partial charge in [0.05, 0.1) is 17.3 Å². The molecule has 144 valence electrons. The van der Waals surface area contributed by atoms with Gasteiger partial charge in [0.15, 0.2) is 0 Å². The van der Waals surface area contributed by atoms with Gasteiger partial charge >= 0.3 is 6.18 Å². The number of nitriles is 1. The first-order valence-electron chi connectivity index (χ1n) is 8.49. The van der Waals surface area contributed by atoms with Crippen LogP contribution >= 0.6 is 0 Å². The zero-order valence-electron chi connectivity index (χ0n) is 14.7. The van der Waals surface area contributed by atoms with Gasteiger partial charge in [-0.1, -0.05) is 12.6 Å². The summed E-state index contributed by atoms with van der Waals surface area (Å²) in [5.41, 5.74) is 0.619. The van der Waals surface area contributed by atoms with E-state index in [1.165, 1.54) is 18.2 Å². The number of ether oxygens (including phenoxy) is 1. The van der Waals surface area contributed by atoms with Crippen molar-refractivity contribution < 1.29 is 22.7 Å². The summed E-state index contributed by atoms with van der Waals surface area (Å²) in [6, 6.07) is 9.30. The monoisotopic (exact) mass is 387 g/mol. The topological polar surface area (TPSA) is 75.0 Å². The number of amides is 1. The second-order valence-corrected chi connectivity index (χ2v) is 6.25. The number of benzene rings is 1. The number of hydrogen-bond acceptors (Lipinski definition) is 4. The minimum atomic E-state index is -4.42. The Balaban J connectivity index is 1.88. The summed E-state index contributed by atoms with van der Waals surface area (Å²) in [7, 11) is 0. The molecule has 2 atom stereocenters. The molecule has 1 amide bonds. The van der Waals surface area contributed by atoms with Gasteiger partial charge in [0.1, 0.15) is 23.6 Å². The second kappa shape index (κ2) is 7.72. The third-order valence-corrected chi connectivity index (χ3v) is 4.43. The third-order valence-electron chi connectivity index (χ3n) is 4.43. The molecule has 5 nitrogen and oxygen atoms in total. The molecule has 1 aromatic carbocycles. The van der Waals surface area contributed by atoms with Crippen molar-refractivity contribution in [3.8, 4) is 11.8 Å². The number of fused-ring (bicyclic) bond motifs is 1.